The van der Waals surface area contributed by atoms with E-state index >= 15 is 0 Å². The molecule has 19 heavy (non-hydrogen) atoms. The van der Waals surface area contributed by atoms with Crippen LogP contribution in [0.25, 0.3) is 0 Å². The lowest BCUT2D eigenvalue weighted by molar-refractivity contribution is -0.131. The van der Waals surface area contributed by atoms with Crippen LogP contribution < -0.4 is 5.32 Å². The number of nitrogens with one attached hydrogen (secondary N) is 1. The quantitative estimate of drug-likeness (QED) is 0.758. The van der Waals surface area contributed by atoms with Crippen molar-refractivity contribution in [2.45, 2.75) is 38.1 Å². The Balaban J connectivity index is 1.63. The number of carbonyl (C=O) groups excluding carboxylic acids is 1. The van der Waals surface area contributed by atoms with Crippen LogP contribution in [-0.2, 0) is 4.79 Å². The van der Waals surface area contributed by atoms with E-state index in [1.54, 1.807) is 0 Å². The van der Waals surface area contributed by atoms with Crippen molar-refractivity contribution in [1.82, 2.24) is 15.1 Å². The van der Waals surface area contributed by atoms with Crippen molar-refractivity contribution in [3.05, 3.63) is 0 Å². The van der Waals surface area contributed by atoms with E-state index in [9.17, 15) is 4.79 Å². The lowest BCUT2D eigenvalue weighted by Gasteiger charge is -2.32. The molecule has 2 aliphatic rings. The summed E-state index contributed by atoms with van der Waals surface area (Å²) in [5.41, 5.74) is 0. The molecular weight excluding hydrogens is 238 g/mol. The second-order valence-electron chi connectivity index (χ2n) is 5.58. The molecule has 0 spiro atoms. The van der Waals surface area contributed by atoms with Crippen LogP contribution in [0.1, 0.15) is 32.1 Å². The molecule has 2 aliphatic heterocycles. The molecule has 1 amide bonds. The van der Waals surface area contributed by atoms with Gasteiger partial charge in [0.2, 0.25) is 5.91 Å². The smallest absolute Gasteiger partial charge is 0.236 e. The number of hydrogen-bond donors (Lipinski definition) is 1. The largest absolute Gasteiger partial charge is 0.342 e. The van der Waals surface area contributed by atoms with Crippen LogP contribution in [0.15, 0.2) is 0 Å². The van der Waals surface area contributed by atoms with Crippen molar-refractivity contribution in [2.75, 3.05) is 39.3 Å². The number of carbonyl (C=O) groups is 1. The highest BCUT2D eigenvalue weighted by Crippen LogP contribution is 2.11. The van der Waals surface area contributed by atoms with Gasteiger partial charge in [-0.05, 0) is 32.1 Å². The first-order valence-electron chi connectivity index (χ1n) is 7.46. The Hall–Kier alpha value is -1.05. The van der Waals surface area contributed by atoms with Gasteiger partial charge >= 0.3 is 0 Å². The summed E-state index contributed by atoms with van der Waals surface area (Å²) in [6.07, 6.45) is 11.1. The Morgan fingerprint density at radius 2 is 1.84 bits per heavy atom. The molecule has 0 aromatic rings. The summed E-state index contributed by atoms with van der Waals surface area (Å²) in [4.78, 5) is 16.3. The van der Waals surface area contributed by atoms with Crippen LogP contribution in [-0.4, -0.2) is 61.0 Å². The van der Waals surface area contributed by atoms with E-state index in [1.165, 1.54) is 6.42 Å². The fraction of sp³-hybridized carbons (Fsp3) is 0.800. The highest BCUT2D eigenvalue weighted by atomic mass is 16.2. The maximum absolute atomic E-state index is 12.0. The molecular formula is C15H25N3O. The van der Waals surface area contributed by atoms with Crippen LogP contribution in [0.2, 0.25) is 0 Å². The SMILES string of the molecule is C#CCN1CCC(NCC(=O)N2CCCCC2)CC1. The Kier molecular flexibility index (Phi) is 5.68. The van der Waals surface area contributed by atoms with E-state index < -0.39 is 0 Å². The van der Waals surface area contributed by atoms with E-state index in [2.05, 4.69) is 16.1 Å². The minimum Gasteiger partial charge on any atom is -0.342 e. The topological polar surface area (TPSA) is 35.6 Å². The van der Waals surface area contributed by atoms with Crippen molar-refractivity contribution in [2.24, 2.45) is 0 Å². The normalized spacial score (nSPS) is 22.2. The molecule has 2 saturated heterocycles. The molecule has 106 valence electrons. The molecule has 4 nitrogen and oxygen atoms in total. The molecule has 2 heterocycles. The zero-order valence-corrected chi connectivity index (χ0v) is 11.7. The molecule has 0 unspecified atom stereocenters. The molecule has 0 saturated carbocycles. The highest BCUT2D eigenvalue weighted by Gasteiger charge is 2.21. The Labute approximate surface area is 116 Å². The third-order valence-corrected chi connectivity index (χ3v) is 4.15. The van der Waals surface area contributed by atoms with Crippen molar-refractivity contribution in [1.29, 1.82) is 0 Å². The summed E-state index contributed by atoms with van der Waals surface area (Å²) in [6.45, 7) is 5.22. The van der Waals surface area contributed by atoms with Crippen molar-refractivity contribution in [3.63, 3.8) is 0 Å². The summed E-state index contributed by atoms with van der Waals surface area (Å²) in [6, 6.07) is 0.475. The highest BCUT2D eigenvalue weighted by molar-refractivity contribution is 5.78. The average Bonchev–Trinajstić information content (AvgIpc) is 2.47. The van der Waals surface area contributed by atoms with Crippen molar-refractivity contribution < 1.29 is 4.79 Å². The molecule has 2 fully saturated rings. The number of piperidine rings is 2. The van der Waals surface area contributed by atoms with E-state index in [4.69, 9.17) is 6.42 Å². The van der Waals surface area contributed by atoms with Crippen LogP contribution in [0.3, 0.4) is 0 Å². The zero-order valence-electron chi connectivity index (χ0n) is 11.7. The number of amides is 1. The van der Waals surface area contributed by atoms with E-state index in [0.29, 0.717) is 12.6 Å². The second kappa shape index (κ2) is 7.52. The summed E-state index contributed by atoms with van der Waals surface area (Å²) < 4.78 is 0. The van der Waals surface area contributed by atoms with Gasteiger partial charge in [-0.25, -0.2) is 0 Å². The summed E-state index contributed by atoms with van der Waals surface area (Å²) in [5, 5.41) is 3.41. The standard InChI is InChI=1S/C15H25N3O/c1-2-8-17-11-6-14(7-12-17)16-13-15(19)18-9-4-3-5-10-18/h1,14,16H,3-13H2. The second-order valence-corrected chi connectivity index (χ2v) is 5.58. The predicted octanol–water partition coefficient (Wildman–Crippen LogP) is 0.686. The van der Waals surface area contributed by atoms with Crippen molar-refractivity contribution >= 4 is 5.91 Å². The maximum Gasteiger partial charge on any atom is 0.236 e. The minimum absolute atomic E-state index is 0.269. The van der Waals surface area contributed by atoms with Crippen LogP contribution in [0, 0.1) is 12.3 Å². The van der Waals surface area contributed by atoms with Crippen LogP contribution >= 0.6 is 0 Å². The van der Waals surface area contributed by atoms with E-state index in [0.717, 1.165) is 58.4 Å². The molecule has 2 rings (SSSR count). The summed E-state index contributed by atoms with van der Waals surface area (Å²) >= 11 is 0. The molecule has 0 radical (unpaired) electrons. The molecule has 0 bridgehead atoms. The van der Waals surface area contributed by atoms with E-state index in [1.807, 2.05) is 4.90 Å². The fourth-order valence-corrected chi connectivity index (χ4v) is 2.91. The fourth-order valence-electron chi connectivity index (χ4n) is 2.91. The van der Waals surface area contributed by atoms with Gasteiger partial charge in [0, 0.05) is 32.2 Å². The minimum atomic E-state index is 0.269. The molecule has 4 heteroatoms. The Bertz CT molecular complexity index is 323. The first-order valence-corrected chi connectivity index (χ1v) is 7.46. The van der Waals surface area contributed by atoms with Crippen LogP contribution in [0.5, 0.6) is 0 Å². The predicted molar refractivity (Wildman–Crippen MR) is 76.7 cm³/mol. The van der Waals surface area contributed by atoms with Gasteiger partial charge in [-0.15, -0.1) is 6.42 Å². The van der Waals surface area contributed by atoms with Crippen molar-refractivity contribution in [3.8, 4) is 12.3 Å². The zero-order chi connectivity index (χ0) is 13.5. The maximum atomic E-state index is 12.0. The van der Waals surface area contributed by atoms with Gasteiger partial charge in [0.25, 0.3) is 0 Å². The lowest BCUT2D eigenvalue weighted by atomic mass is 10.1. The van der Waals surface area contributed by atoms with Gasteiger partial charge in [0.1, 0.15) is 0 Å². The average molecular weight is 263 g/mol. The van der Waals surface area contributed by atoms with Gasteiger partial charge in [0.15, 0.2) is 0 Å². The van der Waals surface area contributed by atoms with Gasteiger partial charge in [-0.3, -0.25) is 9.69 Å². The molecule has 1 N–H and O–H groups in total. The first kappa shape index (κ1) is 14.4. The van der Waals surface area contributed by atoms with Gasteiger partial charge in [-0.1, -0.05) is 5.92 Å². The summed E-state index contributed by atoms with van der Waals surface area (Å²) in [7, 11) is 0. The number of likely N-dealkylation sites (tertiary alicyclic amines) is 2. The molecule has 0 aliphatic carbocycles. The van der Waals surface area contributed by atoms with Gasteiger partial charge in [-0.2, -0.15) is 0 Å². The summed E-state index contributed by atoms with van der Waals surface area (Å²) in [5.74, 6) is 2.96. The first-order chi connectivity index (χ1) is 9.29. The lowest BCUT2D eigenvalue weighted by Crippen LogP contribution is -2.47. The monoisotopic (exact) mass is 263 g/mol. The Morgan fingerprint density at radius 1 is 1.16 bits per heavy atom. The molecule has 0 aromatic carbocycles. The Morgan fingerprint density at radius 3 is 2.47 bits per heavy atom. The van der Waals surface area contributed by atoms with Crippen LogP contribution in [0.4, 0.5) is 0 Å². The molecule has 0 aromatic heterocycles. The third-order valence-electron chi connectivity index (χ3n) is 4.15. The van der Waals surface area contributed by atoms with Gasteiger partial charge < -0.3 is 10.2 Å². The third kappa shape index (κ3) is 4.52. The number of hydrogen-bond acceptors (Lipinski definition) is 3. The molecule has 0 atom stereocenters. The number of terminal acetylenes is 1. The number of nitrogens with zero attached hydrogens (tertiary/aromatic N) is 2. The number of rotatable bonds is 4. The van der Waals surface area contributed by atoms with Gasteiger partial charge in [0.05, 0.1) is 13.1 Å². The van der Waals surface area contributed by atoms with E-state index in [-0.39, 0.29) is 5.91 Å².